The lowest BCUT2D eigenvalue weighted by atomic mass is 10.0. The maximum atomic E-state index is 13.0. The maximum absolute atomic E-state index is 13.0. The van der Waals surface area contributed by atoms with E-state index in [2.05, 4.69) is 35.2 Å². The number of anilines is 1. The molecule has 0 spiro atoms. The zero-order chi connectivity index (χ0) is 18.2. The van der Waals surface area contributed by atoms with E-state index < -0.39 is 0 Å². The number of rotatable bonds is 2. The summed E-state index contributed by atoms with van der Waals surface area (Å²) in [5.74, 6) is 2.08. The number of hydrogen-bond donors (Lipinski definition) is 0. The molecule has 0 N–H and O–H groups in total. The van der Waals surface area contributed by atoms with Gasteiger partial charge in [-0.15, -0.1) is 0 Å². The Hall–Kier alpha value is -2.69. The average Bonchev–Trinajstić information content (AvgIpc) is 3.17. The first-order valence-corrected chi connectivity index (χ1v) is 9.79. The number of carbonyl (C=O) groups excluding carboxylic acids is 1. The summed E-state index contributed by atoms with van der Waals surface area (Å²) in [6, 6.07) is 14.5. The first-order chi connectivity index (χ1) is 13.3. The second-order valence-electron chi connectivity index (χ2n) is 7.49. The molecule has 0 radical (unpaired) electrons. The van der Waals surface area contributed by atoms with Crippen molar-refractivity contribution >= 4 is 11.6 Å². The van der Waals surface area contributed by atoms with Crippen molar-refractivity contribution in [2.45, 2.75) is 12.8 Å². The number of benzene rings is 2. The van der Waals surface area contributed by atoms with Crippen molar-refractivity contribution in [3.8, 4) is 11.5 Å². The minimum Gasteiger partial charge on any atom is -0.486 e. The first kappa shape index (κ1) is 16.5. The minimum absolute atomic E-state index is 0.107. The predicted octanol–water partition coefficient (Wildman–Crippen LogP) is 2.52. The van der Waals surface area contributed by atoms with Crippen LogP contribution in [0.1, 0.15) is 11.1 Å². The molecule has 27 heavy (non-hydrogen) atoms. The van der Waals surface area contributed by atoms with Crippen molar-refractivity contribution < 1.29 is 14.3 Å². The third-order valence-electron chi connectivity index (χ3n) is 5.88. The van der Waals surface area contributed by atoms with Gasteiger partial charge in [-0.3, -0.25) is 4.79 Å². The Balaban J connectivity index is 1.24. The van der Waals surface area contributed by atoms with Gasteiger partial charge in [0.1, 0.15) is 13.2 Å². The molecule has 0 bridgehead atoms. The van der Waals surface area contributed by atoms with Crippen LogP contribution in [0, 0.1) is 5.92 Å². The molecule has 1 saturated heterocycles. The van der Waals surface area contributed by atoms with E-state index in [0.717, 1.165) is 56.2 Å². The molecule has 0 unspecified atom stereocenters. The van der Waals surface area contributed by atoms with Crippen molar-refractivity contribution in [1.29, 1.82) is 0 Å². The average molecular weight is 364 g/mol. The van der Waals surface area contributed by atoms with Gasteiger partial charge < -0.3 is 19.3 Å². The van der Waals surface area contributed by atoms with Gasteiger partial charge in [0.25, 0.3) is 0 Å². The highest BCUT2D eigenvalue weighted by Gasteiger charge is 2.32. The molecule has 1 amide bonds. The molecule has 0 atom stereocenters. The molecule has 5 nitrogen and oxygen atoms in total. The van der Waals surface area contributed by atoms with Crippen molar-refractivity contribution in [2.24, 2.45) is 5.92 Å². The molecule has 1 fully saturated rings. The van der Waals surface area contributed by atoms with Crippen LogP contribution in [-0.4, -0.2) is 50.2 Å². The smallest absolute Gasteiger partial charge is 0.226 e. The topological polar surface area (TPSA) is 42.0 Å². The van der Waals surface area contributed by atoms with Crippen molar-refractivity contribution in [3.05, 3.63) is 53.6 Å². The molecule has 3 aliphatic rings. The van der Waals surface area contributed by atoms with Gasteiger partial charge in [0.15, 0.2) is 11.5 Å². The Labute approximate surface area is 159 Å². The largest absolute Gasteiger partial charge is 0.486 e. The van der Waals surface area contributed by atoms with E-state index in [9.17, 15) is 4.79 Å². The third-order valence-corrected chi connectivity index (χ3v) is 5.88. The van der Waals surface area contributed by atoms with Crippen molar-refractivity contribution in [3.63, 3.8) is 0 Å². The molecule has 140 valence electrons. The summed E-state index contributed by atoms with van der Waals surface area (Å²) in [7, 11) is 0. The Bertz CT molecular complexity index is 833. The second-order valence-corrected chi connectivity index (χ2v) is 7.49. The van der Waals surface area contributed by atoms with Gasteiger partial charge in [-0.25, -0.2) is 0 Å². The van der Waals surface area contributed by atoms with Crippen LogP contribution in [0.5, 0.6) is 11.5 Å². The van der Waals surface area contributed by atoms with Crippen LogP contribution in [-0.2, 0) is 17.6 Å². The molecule has 5 heteroatoms. The lowest BCUT2D eigenvalue weighted by molar-refractivity contribution is -0.135. The molecular weight excluding hydrogens is 340 g/mol. The fraction of sp³-hybridized carbons (Fsp3) is 0.409. The van der Waals surface area contributed by atoms with E-state index >= 15 is 0 Å². The Morgan fingerprint density at radius 1 is 0.852 bits per heavy atom. The standard InChI is InChI=1S/C22H24N2O3/c25-22(18-14-16-4-1-2-5-17(16)15-18)24-10-8-23(9-11-24)19-6-3-7-20-21(19)27-13-12-26-20/h1-7,18H,8-15H2. The SMILES string of the molecule is O=C(C1Cc2ccccc2C1)N1CCN(c2cccc3c2OCCO3)CC1. The molecule has 2 aromatic carbocycles. The molecule has 5 rings (SSSR count). The summed E-state index contributed by atoms with van der Waals surface area (Å²) in [6.45, 7) is 4.36. The fourth-order valence-corrected chi connectivity index (χ4v) is 4.47. The maximum Gasteiger partial charge on any atom is 0.226 e. The number of amides is 1. The fourth-order valence-electron chi connectivity index (χ4n) is 4.47. The highest BCUT2D eigenvalue weighted by molar-refractivity contribution is 5.81. The van der Waals surface area contributed by atoms with E-state index in [0.29, 0.717) is 19.1 Å². The summed E-state index contributed by atoms with van der Waals surface area (Å²) in [5.41, 5.74) is 3.75. The van der Waals surface area contributed by atoms with E-state index in [1.165, 1.54) is 11.1 Å². The van der Waals surface area contributed by atoms with Crippen LogP contribution in [0.15, 0.2) is 42.5 Å². The quantitative estimate of drug-likeness (QED) is 0.821. The van der Waals surface area contributed by atoms with Gasteiger partial charge in [-0.05, 0) is 36.1 Å². The van der Waals surface area contributed by atoms with Gasteiger partial charge in [-0.2, -0.15) is 0 Å². The van der Waals surface area contributed by atoms with Crippen LogP contribution in [0.4, 0.5) is 5.69 Å². The molecule has 2 heterocycles. The number of piperazine rings is 1. The molecular formula is C22H24N2O3. The van der Waals surface area contributed by atoms with E-state index in [1.54, 1.807) is 0 Å². The van der Waals surface area contributed by atoms with Gasteiger partial charge in [0.05, 0.1) is 5.69 Å². The predicted molar refractivity (Wildman–Crippen MR) is 104 cm³/mol. The summed E-state index contributed by atoms with van der Waals surface area (Å²) in [4.78, 5) is 17.4. The first-order valence-electron chi connectivity index (χ1n) is 9.79. The second kappa shape index (κ2) is 6.80. The number of ether oxygens (including phenoxy) is 2. The van der Waals surface area contributed by atoms with Crippen molar-refractivity contribution in [2.75, 3.05) is 44.3 Å². The summed E-state index contributed by atoms with van der Waals surface area (Å²) in [5, 5.41) is 0. The van der Waals surface area contributed by atoms with Gasteiger partial charge in [-0.1, -0.05) is 30.3 Å². The molecule has 2 aromatic rings. The highest BCUT2D eigenvalue weighted by Crippen LogP contribution is 2.40. The van der Waals surface area contributed by atoms with Gasteiger partial charge in [0.2, 0.25) is 5.91 Å². The highest BCUT2D eigenvalue weighted by atomic mass is 16.6. The van der Waals surface area contributed by atoms with Crippen LogP contribution in [0.3, 0.4) is 0 Å². The van der Waals surface area contributed by atoms with Crippen LogP contribution in [0.25, 0.3) is 0 Å². The summed E-state index contributed by atoms with van der Waals surface area (Å²) < 4.78 is 11.5. The Morgan fingerprint density at radius 3 is 2.30 bits per heavy atom. The number of nitrogens with zero attached hydrogens (tertiary/aromatic N) is 2. The molecule has 1 aliphatic carbocycles. The van der Waals surface area contributed by atoms with Crippen LogP contribution in [0.2, 0.25) is 0 Å². The Morgan fingerprint density at radius 2 is 1.56 bits per heavy atom. The number of hydrogen-bond acceptors (Lipinski definition) is 4. The van der Waals surface area contributed by atoms with E-state index in [-0.39, 0.29) is 5.92 Å². The normalized spacial score (nSPS) is 19.1. The van der Waals surface area contributed by atoms with E-state index in [1.807, 2.05) is 17.0 Å². The van der Waals surface area contributed by atoms with Crippen LogP contribution < -0.4 is 14.4 Å². The summed E-state index contributed by atoms with van der Waals surface area (Å²) in [6.07, 6.45) is 1.76. The molecule has 2 aliphatic heterocycles. The summed E-state index contributed by atoms with van der Waals surface area (Å²) >= 11 is 0. The van der Waals surface area contributed by atoms with Crippen LogP contribution >= 0.6 is 0 Å². The molecule has 0 saturated carbocycles. The monoisotopic (exact) mass is 364 g/mol. The van der Waals surface area contributed by atoms with E-state index in [4.69, 9.17) is 9.47 Å². The van der Waals surface area contributed by atoms with Crippen molar-refractivity contribution in [1.82, 2.24) is 4.90 Å². The minimum atomic E-state index is 0.107. The van der Waals surface area contributed by atoms with Gasteiger partial charge in [0, 0.05) is 32.1 Å². The Kier molecular flexibility index (Phi) is 4.15. The number of carbonyl (C=O) groups is 1. The zero-order valence-corrected chi connectivity index (χ0v) is 15.4. The third kappa shape index (κ3) is 3.01. The lowest BCUT2D eigenvalue weighted by Crippen LogP contribution is -2.50. The number of para-hydroxylation sites is 1. The zero-order valence-electron chi connectivity index (χ0n) is 15.4. The lowest BCUT2D eigenvalue weighted by Gasteiger charge is -2.38. The van der Waals surface area contributed by atoms with Gasteiger partial charge >= 0.3 is 0 Å². The molecule has 0 aromatic heterocycles. The number of fused-ring (bicyclic) bond motifs is 2.